The summed E-state index contributed by atoms with van der Waals surface area (Å²) in [7, 11) is -3.00. The van der Waals surface area contributed by atoms with E-state index in [0.29, 0.717) is 0 Å². The van der Waals surface area contributed by atoms with Gasteiger partial charge in [-0.3, -0.25) is 0 Å². The molecule has 0 saturated carbocycles. The monoisotopic (exact) mass is 398 g/mol. The van der Waals surface area contributed by atoms with Crippen molar-refractivity contribution < 1.29 is 33.2 Å². The Morgan fingerprint density at radius 1 is 1.00 bits per heavy atom. The molecule has 25 heavy (non-hydrogen) atoms. The Morgan fingerprint density at radius 2 is 1.68 bits per heavy atom. The van der Waals surface area contributed by atoms with Crippen LogP contribution in [-0.4, -0.2) is 11.4 Å². The van der Waals surface area contributed by atoms with E-state index in [1.807, 2.05) is 37.3 Å². The van der Waals surface area contributed by atoms with Crippen molar-refractivity contribution in [3.05, 3.63) is 59.7 Å². The molecule has 1 atom stereocenters. The maximum atomic E-state index is 11.2. The molecule has 0 bridgehead atoms. The van der Waals surface area contributed by atoms with Gasteiger partial charge in [-0.05, 0) is 48.4 Å². The molecule has 0 N–H and O–H groups in total. The van der Waals surface area contributed by atoms with E-state index < -0.39 is 14.5 Å². The zero-order chi connectivity index (χ0) is 18.1. The Kier molecular flexibility index (Phi) is 5.36. The summed E-state index contributed by atoms with van der Waals surface area (Å²) in [6.45, 7) is 1.95. The quantitative estimate of drug-likeness (QED) is 0.753. The van der Waals surface area contributed by atoms with E-state index in [2.05, 4.69) is 0 Å². The molecule has 0 radical (unpaired) electrons. The fraction of sp³-hybridized carbons (Fsp3) is 0.176. The highest BCUT2D eigenvalue weighted by Crippen LogP contribution is 2.58. The van der Waals surface area contributed by atoms with Crippen LogP contribution in [0.25, 0.3) is 6.08 Å². The summed E-state index contributed by atoms with van der Waals surface area (Å²) in [5, 5.41) is 0. The van der Waals surface area contributed by atoms with Crippen LogP contribution in [0.3, 0.4) is 0 Å². The summed E-state index contributed by atoms with van der Waals surface area (Å²) in [6, 6.07) is 13.0. The van der Waals surface area contributed by atoms with Crippen LogP contribution in [0.15, 0.2) is 58.3 Å². The molecule has 1 aliphatic heterocycles. The van der Waals surface area contributed by atoms with Gasteiger partial charge in [0, 0.05) is 9.79 Å². The largest absolute Gasteiger partial charge is 0.497 e. The third-order valence-electron chi connectivity index (χ3n) is 3.40. The van der Waals surface area contributed by atoms with Crippen molar-refractivity contribution in [2.24, 2.45) is 0 Å². The summed E-state index contributed by atoms with van der Waals surface area (Å²) < 4.78 is 42.3. The molecular formula is C17H15ClO5S2. The number of hydrogen-bond acceptors (Lipinski definition) is 7. The van der Waals surface area contributed by atoms with E-state index in [1.165, 1.54) is 23.5 Å². The van der Waals surface area contributed by atoms with E-state index in [4.69, 9.17) is 9.03 Å². The van der Waals surface area contributed by atoms with Crippen LogP contribution in [0.1, 0.15) is 11.1 Å². The number of thioether (sulfide) groups is 2. The van der Waals surface area contributed by atoms with E-state index in [-0.39, 0.29) is 0 Å². The molecule has 0 aromatic heterocycles. The highest BCUT2D eigenvalue weighted by atomic mass is 35.7. The van der Waals surface area contributed by atoms with Crippen molar-refractivity contribution in [2.75, 3.05) is 7.11 Å². The zero-order valence-electron chi connectivity index (χ0n) is 13.4. The van der Waals surface area contributed by atoms with E-state index in [1.54, 1.807) is 31.4 Å². The SMILES string of the molecule is COc1ccc(/C=C/C2(O[Cl+3]([O-])([O-])[O-])Sc3ccc(C)cc3S2)cc1. The lowest BCUT2D eigenvalue weighted by molar-refractivity contribution is -1.92. The van der Waals surface area contributed by atoms with Crippen molar-refractivity contribution in [3.63, 3.8) is 0 Å². The second-order valence-corrected chi connectivity index (χ2v) is 8.99. The predicted molar refractivity (Wildman–Crippen MR) is 88.7 cm³/mol. The number of rotatable bonds is 5. The molecule has 0 aliphatic carbocycles. The highest BCUT2D eigenvalue weighted by molar-refractivity contribution is 8.20. The minimum absolute atomic E-state index is 0.719. The second kappa shape index (κ2) is 7.20. The van der Waals surface area contributed by atoms with Gasteiger partial charge in [0.2, 0.25) is 0 Å². The first kappa shape index (κ1) is 18.6. The second-order valence-electron chi connectivity index (χ2n) is 5.32. The first-order valence-corrected chi connectivity index (χ1v) is 10.1. The first-order chi connectivity index (χ1) is 11.8. The van der Waals surface area contributed by atoms with Crippen molar-refractivity contribution in [3.8, 4) is 5.75 Å². The van der Waals surface area contributed by atoms with E-state index >= 15 is 0 Å². The number of benzene rings is 2. The van der Waals surface area contributed by atoms with Crippen LogP contribution >= 0.6 is 23.5 Å². The number of fused-ring (bicyclic) bond motifs is 1. The van der Waals surface area contributed by atoms with Crippen molar-refractivity contribution in [1.29, 1.82) is 0 Å². The van der Waals surface area contributed by atoms with Crippen LogP contribution in [-0.2, 0) is 4.29 Å². The summed E-state index contributed by atoms with van der Waals surface area (Å²) in [5.41, 5.74) is 1.88. The molecule has 0 spiro atoms. The number of aryl methyl sites for hydroxylation is 1. The van der Waals surface area contributed by atoms with E-state index in [9.17, 15) is 14.0 Å². The molecule has 132 valence electrons. The maximum absolute atomic E-state index is 11.2. The zero-order valence-corrected chi connectivity index (χ0v) is 15.8. The molecule has 0 saturated heterocycles. The average molecular weight is 399 g/mol. The number of hydrogen-bond donors (Lipinski definition) is 0. The Labute approximate surface area is 156 Å². The van der Waals surface area contributed by atoms with Crippen LogP contribution in [0.5, 0.6) is 5.75 Å². The topological polar surface area (TPSA) is 87.6 Å². The summed E-state index contributed by atoms with van der Waals surface area (Å²) in [5.74, 6) is 0.719. The van der Waals surface area contributed by atoms with Crippen LogP contribution in [0.4, 0.5) is 0 Å². The fourth-order valence-corrected chi connectivity index (χ4v) is 5.86. The molecule has 2 aromatic rings. The Bertz CT molecular complexity index is 789. The molecular weight excluding hydrogens is 384 g/mol. The normalized spacial score (nSPS) is 20.0. The first-order valence-electron chi connectivity index (χ1n) is 7.22. The minimum Gasteiger partial charge on any atom is -0.497 e. The standard InChI is InChI=1S/C17H15ClO5S2/c1-12-3-8-15-16(11-12)25-17(24-15,23-18(19,20)21)10-9-13-4-6-14(22-2)7-5-13/h3-11H,1-2H3/b10-9+. The van der Waals surface area contributed by atoms with Crippen LogP contribution < -0.4 is 18.7 Å². The number of halogens is 1. The van der Waals surface area contributed by atoms with Gasteiger partial charge in [-0.1, -0.05) is 47.8 Å². The smallest absolute Gasteiger partial charge is 0.342 e. The van der Waals surface area contributed by atoms with Gasteiger partial charge in [-0.25, -0.2) is 0 Å². The Balaban J connectivity index is 1.89. The Hall–Kier alpha value is -1.19. The lowest BCUT2D eigenvalue weighted by atomic mass is 10.2. The average Bonchev–Trinajstić information content (AvgIpc) is 2.89. The van der Waals surface area contributed by atoms with Gasteiger partial charge in [0.15, 0.2) is 0 Å². The van der Waals surface area contributed by atoms with Crippen molar-refractivity contribution in [1.82, 2.24) is 0 Å². The summed E-state index contributed by atoms with van der Waals surface area (Å²) >= 11 is 2.38. The summed E-state index contributed by atoms with van der Waals surface area (Å²) in [4.78, 5) is 1.75. The Morgan fingerprint density at radius 3 is 2.32 bits per heavy atom. The predicted octanol–water partition coefficient (Wildman–Crippen LogP) is 1.48. The van der Waals surface area contributed by atoms with Gasteiger partial charge in [0.05, 0.1) is 17.4 Å². The van der Waals surface area contributed by atoms with Gasteiger partial charge in [-0.2, -0.15) is 14.0 Å². The molecule has 2 aromatic carbocycles. The molecule has 0 fully saturated rings. The lowest BCUT2D eigenvalue weighted by Gasteiger charge is -2.21. The van der Waals surface area contributed by atoms with Gasteiger partial charge in [0.1, 0.15) is 10.0 Å². The molecule has 1 heterocycles. The van der Waals surface area contributed by atoms with Crippen LogP contribution in [0.2, 0.25) is 0 Å². The van der Waals surface area contributed by atoms with Gasteiger partial charge in [0.25, 0.3) is 0 Å². The molecule has 0 amide bonds. The molecule has 3 rings (SSSR count). The third-order valence-corrected chi connectivity index (χ3v) is 6.79. The molecule has 1 aliphatic rings. The number of ether oxygens (including phenoxy) is 1. The molecule has 1 unspecified atom stereocenters. The van der Waals surface area contributed by atoms with Crippen LogP contribution in [0, 0.1) is 17.2 Å². The lowest BCUT2D eigenvalue weighted by Crippen LogP contribution is -2.63. The third kappa shape index (κ3) is 4.71. The van der Waals surface area contributed by atoms with Gasteiger partial charge in [-0.15, -0.1) is 0 Å². The molecule has 5 nitrogen and oxygen atoms in total. The fourth-order valence-electron chi connectivity index (χ4n) is 2.28. The van der Waals surface area contributed by atoms with Gasteiger partial charge < -0.3 is 4.74 Å². The minimum atomic E-state index is -4.58. The van der Waals surface area contributed by atoms with Gasteiger partial charge >= 0.3 is 4.27 Å². The number of methoxy groups -OCH3 is 1. The highest BCUT2D eigenvalue weighted by Gasteiger charge is 2.51. The maximum Gasteiger partial charge on any atom is 0.342 e. The van der Waals surface area contributed by atoms with E-state index in [0.717, 1.165) is 26.7 Å². The molecule has 8 heteroatoms. The summed E-state index contributed by atoms with van der Waals surface area (Å²) in [6.07, 6.45) is 3.31. The van der Waals surface area contributed by atoms with Crippen molar-refractivity contribution >= 4 is 29.6 Å². The van der Waals surface area contributed by atoms with Crippen molar-refractivity contribution in [2.45, 2.75) is 21.0 Å².